The Labute approximate surface area is 214 Å². The second-order valence-electron chi connectivity index (χ2n) is 9.79. The summed E-state index contributed by atoms with van der Waals surface area (Å²) in [5, 5.41) is 5.43. The lowest BCUT2D eigenvalue weighted by atomic mass is 9.87. The molecule has 3 aromatic rings. The zero-order valence-electron chi connectivity index (χ0n) is 20.5. The van der Waals surface area contributed by atoms with Gasteiger partial charge in [0.1, 0.15) is 10.7 Å². The summed E-state index contributed by atoms with van der Waals surface area (Å²) in [5.74, 6) is -0.0723. The van der Waals surface area contributed by atoms with Crippen LogP contribution in [-0.4, -0.2) is 46.5 Å². The number of aliphatic imine (C=N–C) groups is 2. The third-order valence-corrected chi connectivity index (χ3v) is 7.05. The molecule has 8 heteroatoms. The van der Waals surface area contributed by atoms with E-state index in [1.54, 1.807) is 16.5 Å². The van der Waals surface area contributed by atoms with Crippen molar-refractivity contribution in [1.82, 2.24) is 15.2 Å². The molecule has 0 radical (unpaired) electrons. The Morgan fingerprint density at radius 3 is 2.50 bits per heavy atom. The number of benzene rings is 2. The molecule has 0 bridgehead atoms. The molecule has 5 rings (SSSR count). The Morgan fingerprint density at radius 1 is 1.03 bits per heavy atom. The normalized spacial score (nSPS) is 15.4. The molecule has 0 atom stereocenters. The number of carbonyl (C=O) groups is 2. The Hall–Kier alpha value is -3.91. The van der Waals surface area contributed by atoms with Gasteiger partial charge in [-0.1, -0.05) is 63.2 Å². The first-order valence-electron chi connectivity index (χ1n) is 11.8. The van der Waals surface area contributed by atoms with E-state index in [1.165, 1.54) is 16.9 Å². The van der Waals surface area contributed by atoms with E-state index in [4.69, 9.17) is 0 Å². The first kappa shape index (κ1) is 23.8. The molecular weight excluding hydrogens is 470 g/mol. The maximum Gasteiger partial charge on any atom is 0.277 e. The standard InChI is InChI=1S/C28H27N5O2S/c1-28(2,3)21-11-9-18(10-12-21)24(34)32-27-29-15-20-16-33(14-13-22(20)31-27)26(35)23-17-36-25(30-23)19-7-5-4-6-8-19/h4-12,16-17H,13-15H2,1-3H3,(H,29,32,34). The van der Waals surface area contributed by atoms with Gasteiger partial charge in [0.05, 0.1) is 12.3 Å². The van der Waals surface area contributed by atoms with Crippen molar-refractivity contribution in [1.29, 1.82) is 0 Å². The van der Waals surface area contributed by atoms with Crippen molar-refractivity contribution in [2.75, 3.05) is 13.1 Å². The molecular formula is C28H27N5O2S. The Morgan fingerprint density at radius 2 is 1.78 bits per heavy atom. The highest BCUT2D eigenvalue weighted by Crippen LogP contribution is 2.26. The first-order chi connectivity index (χ1) is 17.3. The number of thiazole rings is 1. The van der Waals surface area contributed by atoms with Crippen LogP contribution in [0.2, 0.25) is 0 Å². The summed E-state index contributed by atoms with van der Waals surface area (Å²) in [7, 11) is 0. The number of nitrogens with one attached hydrogen (secondary N) is 1. The summed E-state index contributed by atoms with van der Waals surface area (Å²) in [6.45, 7) is 7.26. The van der Waals surface area contributed by atoms with Gasteiger partial charge in [-0.3, -0.25) is 14.9 Å². The molecule has 0 saturated heterocycles. The number of hydrogen-bond acceptors (Lipinski definition) is 6. The summed E-state index contributed by atoms with van der Waals surface area (Å²) in [4.78, 5) is 41.0. The fourth-order valence-electron chi connectivity index (χ4n) is 4.05. The molecule has 3 heterocycles. The third kappa shape index (κ3) is 5.04. The Bertz CT molecular complexity index is 1400. The predicted octanol–water partition coefficient (Wildman–Crippen LogP) is 5.08. The van der Waals surface area contributed by atoms with E-state index in [0.717, 1.165) is 21.9 Å². The van der Waals surface area contributed by atoms with E-state index in [-0.39, 0.29) is 17.2 Å². The summed E-state index contributed by atoms with van der Waals surface area (Å²) < 4.78 is 0. The van der Waals surface area contributed by atoms with Gasteiger partial charge in [-0.15, -0.1) is 11.3 Å². The van der Waals surface area contributed by atoms with Gasteiger partial charge in [0.25, 0.3) is 11.8 Å². The third-order valence-electron chi connectivity index (χ3n) is 6.16. The molecule has 0 fully saturated rings. The van der Waals surface area contributed by atoms with Gasteiger partial charge in [-0.25, -0.2) is 15.0 Å². The maximum atomic E-state index is 13.1. The van der Waals surface area contributed by atoms with Crippen LogP contribution < -0.4 is 5.32 Å². The van der Waals surface area contributed by atoms with E-state index < -0.39 is 0 Å². The SMILES string of the molecule is CC(C)(C)c1ccc(C(=O)NC2=NCC3=CN(C(=O)c4csc(-c5ccccc5)n4)CCC3=N2)cc1. The average molecular weight is 498 g/mol. The van der Waals surface area contributed by atoms with E-state index in [9.17, 15) is 9.59 Å². The number of guanidine groups is 1. The highest BCUT2D eigenvalue weighted by molar-refractivity contribution is 7.13. The molecule has 182 valence electrons. The highest BCUT2D eigenvalue weighted by Gasteiger charge is 2.26. The van der Waals surface area contributed by atoms with Crippen LogP contribution in [0.4, 0.5) is 0 Å². The molecule has 0 aliphatic carbocycles. The monoisotopic (exact) mass is 497 g/mol. The van der Waals surface area contributed by atoms with Crippen LogP contribution in [0.25, 0.3) is 10.6 Å². The van der Waals surface area contributed by atoms with E-state index >= 15 is 0 Å². The van der Waals surface area contributed by atoms with Crippen molar-refractivity contribution < 1.29 is 9.59 Å². The van der Waals surface area contributed by atoms with Crippen LogP contribution in [0, 0.1) is 0 Å². The number of rotatable bonds is 3. The fourth-order valence-corrected chi connectivity index (χ4v) is 4.85. The van der Waals surface area contributed by atoms with Crippen LogP contribution in [0.1, 0.15) is 53.6 Å². The second kappa shape index (κ2) is 9.62. The summed E-state index contributed by atoms with van der Waals surface area (Å²) in [6, 6.07) is 17.4. The van der Waals surface area contributed by atoms with Gasteiger partial charge in [-0.05, 0) is 23.1 Å². The van der Waals surface area contributed by atoms with Gasteiger partial charge in [0.2, 0.25) is 5.96 Å². The van der Waals surface area contributed by atoms with Gasteiger partial charge < -0.3 is 4.90 Å². The van der Waals surface area contributed by atoms with Gasteiger partial charge in [-0.2, -0.15) is 0 Å². The summed E-state index contributed by atoms with van der Waals surface area (Å²) >= 11 is 1.46. The van der Waals surface area contributed by atoms with Crippen LogP contribution in [-0.2, 0) is 5.41 Å². The lowest BCUT2D eigenvalue weighted by molar-refractivity contribution is 0.0817. The van der Waals surface area contributed by atoms with Crippen molar-refractivity contribution in [3.05, 3.63) is 88.6 Å². The van der Waals surface area contributed by atoms with Crippen LogP contribution >= 0.6 is 11.3 Å². The molecule has 2 aliphatic rings. The number of carbonyl (C=O) groups excluding carboxylic acids is 2. The lowest BCUT2D eigenvalue weighted by Gasteiger charge is -2.27. The molecule has 1 N–H and O–H groups in total. The molecule has 2 aliphatic heterocycles. The van der Waals surface area contributed by atoms with Crippen molar-refractivity contribution >= 4 is 34.8 Å². The van der Waals surface area contributed by atoms with Gasteiger partial charge >= 0.3 is 0 Å². The molecule has 0 unspecified atom stereocenters. The van der Waals surface area contributed by atoms with Crippen LogP contribution in [0.3, 0.4) is 0 Å². The molecule has 2 aromatic carbocycles. The van der Waals surface area contributed by atoms with Gasteiger partial charge in [0, 0.05) is 41.2 Å². The quantitative estimate of drug-likeness (QED) is 0.548. The molecule has 7 nitrogen and oxygen atoms in total. The molecule has 0 saturated carbocycles. The number of hydrogen-bond donors (Lipinski definition) is 1. The molecule has 2 amide bonds. The van der Waals surface area contributed by atoms with Crippen molar-refractivity contribution in [3.63, 3.8) is 0 Å². The smallest absolute Gasteiger partial charge is 0.277 e. The van der Waals surface area contributed by atoms with Crippen molar-refractivity contribution in [3.8, 4) is 10.6 Å². The van der Waals surface area contributed by atoms with Crippen molar-refractivity contribution in [2.45, 2.75) is 32.6 Å². The van der Waals surface area contributed by atoms with Crippen molar-refractivity contribution in [2.24, 2.45) is 9.98 Å². The predicted molar refractivity (Wildman–Crippen MR) is 144 cm³/mol. The molecule has 36 heavy (non-hydrogen) atoms. The van der Waals surface area contributed by atoms with Gasteiger partial charge in [0.15, 0.2) is 0 Å². The van der Waals surface area contributed by atoms with E-state index in [1.807, 2.05) is 54.6 Å². The first-order valence-corrected chi connectivity index (χ1v) is 12.7. The summed E-state index contributed by atoms with van der Waals surface area (Å²) in [6.07, 6.45) is 2.39. The highest BCUT2D eigenvalue weighted by atomic mass is 32.1. The zero-order valence-corrected chi connectivity index (χ0v) is 21.3. The Balaban J connectivity index is 1.24. The Kier molecular flexibility index (Phi) is 6.36. The fraction of sp³-hybridized carbons (Fsp3) is 0.250. The molecule has 0 spiro atoms. The minimum Gasteiger partial charge on any atom is -0.313 e. The van der Waals surface area contributed by atoms with Crippen LogP contribution in [0.15, 0.2) is 81.7 Å². The largest absolute Gasteiger partial charge is 0.313 e. The van der Waals surface area contributed by atoms with Crippen LogP contribution in [0.5, 0.6) is 0 Å². The number of amides is 2. The van der Waals surface area contributed by atoms with E-state index in [0.29, 0.717) is 36.7 Å². The topological polar surface area (TPSA) is 87.0 Å². The maximum absolute atomic E-state index is 13.1. The minimum absolute atomic E-state index is 0.0249. The van der Waals surface area contributed by atoms with E-state index in [2.05, 4.69) is 41.1 Å². The second-order valence-corrected chi connectivity index (χ2v) is 10.6. The zero-order chi connectivity index (χ0) is 25.3. The number of fused-ring (bicyclic) bond motifs is 1. The molecule has 1 aromatic heterocycles. The number of nitrogens with zero attached hydrogens (tertiary/aromatic N) is 4. The lowest BCUT2D eigenvalue weighted by Crippen LogP contribution is -2.38. The minimum atomic E-state index is -0.239. The summed E-state index contributed by atoms with van der Waals surface area (Å²) in [5.41, 5.74) is 4.90. The number of aromatic nitrogens is 1. The average Bonchev–Trinajstić information content (AvgIpc) is 3.38.